The molecule has 9 amide bonds. The van der Waals surface area contributed by atoms with Crippen molar-refractivity contribution in [2.75, 3.05) is 26.3 Å². The van der Waals surface area contributed by atoms with Crippen LogP contribution in [0.25, 0.3) is 0 Å². The molecule has 0 bridgehead atoms. The third-order valence-corrected chi connectivity index (χ3v) is 12.4. The standard InChI is InChI=1S/C46H75N13O15/c1-6-22(3)34(42(70)57-35(45(73)74)23(4)7-2)56-40(68)31(21-61)55-43(71)36(24(5)62)58-41(69)32-11-9-17-59(32)44(72)29(18-25-12-14-26(63)15-13-25)53-38(66)28(10-8-16-51-46(49)50)52-39(67)30(20-60)54-37(65)27(47)19-33(48)64/h12-15,22-24,27-32,34-36,60-63H,6-11,16-21,47H2,1-5H3,(H2,48,64)(H,52,67)(H,53,66)(H,54,65)(H,55,71)(H,56,68)(H,57,70)(H,58,69)(H,73,74)(H4,49,50,51)/t22-,23-,24+,27-,28-,29-,30-,31-,32-,34-,35-,36-/m0/s1. The predicted octanol–water partition coefficient (Wildman–Crippen LogP) is -5.88. The maximum absolute atomic E-state index is 14.6. The summed E-state index contributed by atoms with van der Waals surface area (Å²) in [5.41, 5.74) is 22.1. The van der Waals surface area contributed by atoms with E-state index in [2.05, 4.69) is 42.2 Å². The van der Waals surface area contributed by atoms with Crippen molar-refractivity contribution < 1.29 is 73.5 Å². The lowest BCUT2D eigenvalue weighted by molar-refractivity contribution is -0.144. The average molecular weight is 1050 g/mol. The third-order valence-electron chi connectivity index (χ3n) is 12.4. The van der Waals surface area contributed by atoms with Crippen molar-refractivity contribution >= 4 is 65.1 Å². The molecule has 1 aromatic carbocycles. The first-order chi connectivity index (χ1) is 34.8. The minimum Gasteiger partial charge on any atom is -0.508 e. The molecule has 0 radical (unpaired) electrons. The van der Waals surface area contributed by atoms with Crippen molar-refractivity contribution in [2.45, 2.75) is 146 Å². The first kappa shape index (κ1) is 62.9. The number of aliphatic carboxylic acids is 1. The topological polar surface area (TPSA) is 476 Å². The number of benzene rings is 1. The molecular weight excluding hydrogens is 975 g/mol. The van der Waals surface area contributed by atoms with Crippen LogP contribution >= 0.6 is 0 Å². The van der Waals surface area contributed by atoms with Gasteiger partial charge in [0.05, 0.1) is 31.8 Å². The number of aromatic hydroxyl groups is 1. The number of carboxylic acid groups (broad SMARTS) is 1. The van der Waals surface area contributed by atoms with E-state index in [4.69, 9.17) is 22.9 Å². The second-order valence-electron chi connectivity index (χ2n) is 18.2. The smallest absolute Gasteiger partial charge is 0.326 e. The quantitative estimate of drug-likeness (QED) is 0.0187. The van der Waals surface area contributed by atoms with Crippen LogP contribution in [0.15, 0.2) is 29.3 Å². The van der Waals surface area contributed by atoms with Gasteiger partial charge in [0.25, 0.3) is 0 Å². The molecule has 74 heavy (non-hydrogen) atoms. The van der Waals surface area contributed by atoms with Crippen LogP contribution in [0.3, 0.4) is 0 Å². The summed E-state index contributed by atoms with van der Waals surface area (Å²) in [5.74, 6) is -11.4. The maximum atomic E-state index is 14.6. The van der Waals surface area contributed by atoms with Crippen LogP contribution in [0.4, 0.5) is 0 Å². The molecule has 0 aliphatic carbocycles. The summed E-state index contributed by atoms with van der Waals surface area (Å²) < 4.78 is 0. The molecule has 0 aromatic heterocycles. The lowest BCUT2D eigenvalue weighted by Gasteiger charge is -2.31. The summed E-state index contributed by atoms with van der Waals surface area (Å²) in [6.45, 7) is 5.83. The Morgan fingerprint density at radius 1 is 0.689 bits per heavy atom. The highest BCUT2D eigenvalue weighted by molar-refractivity contribution is 5.99. The van der Waals surface area contributed by atoms with Crippen LogP contribution in [0.1, 0.15) is 85.1 Å². The number of nitrogens with two attached hydrogens (primary N) is 4. The fourth-order valence-corrected chi connectivity index (χ4v) is 7.66. The van der Waals surface area contributed by atoms with E-state index in [0.717, 1.165) is 11.8 Å². The Hall–Kier alpha value is -7.17. The molecule has 2 rings (SSSR count). The summed E-state index contributed by atoms with van der Waals surface area (Å²) in [7, 11) is 0. The Balaban J connectivity index is 2.41. The van der Waals surface area contributed by atoms with E-state index in [1.807, 2.05) is 0 Å². The highest BCUT2D eigenvalue weighted by Gasteiger charge is 2.41. The van der Waals surface area contributed by atoms with E-state index in [9.17, 15) is 73.5 Å². The largest absolute Gasteiger partial charge is 0.508 e. The minimum absolute atomic E-state index is 0.0174. The zero-order valence-corrected chi connectivity index (χ0v) is 42.2. The van der Waals surface area contributed by atoms with Gasteiger partial charge in [0.2, 0.25) is 53.2 Å². The number of guanidine groups is 1. The number of carbonyl (C=O) groups is 10. The Morgan fingerprint density at radius 2 is 1.19 bits per heavy atom. The number of aliphatic hydroxyl groups is 3. The average Bonchev–Trinajstić information content (AvgIpc) is 3.85. The molecule has 414 valence electrons. The highest BCUT2D eigenvalue weighted by atomic mass is 16.4. The molecule has 1 saturated heterocycles. The number of nitrogens with one attached hydrogen (secondary N) is 7. The van der Waals surface area contributed by atoms with Crippen molar-refractivity contribution in [1.29, 1.82) is 0 Å². The molecule has 1 aliphatic heterocycles. The first-order valence-corrected chi connectivity index (χ1v) is 24.2. The van der Waals surface area contributed by atoms with E-state index in [-0.39, 0.29) is 56.9 Å². The Kier molecular flexibility index (Phi) is 26.2. The number of aliphatic imine (C=N–C) groups is 1. The van der Waals surface area contributed by atoms with Gasteiger partial charge in [-0.1, -0.05) is 52.7 Å². The van der Waals surface area contributed by atoms with Crippen LogP contribution in [-0.4, -0.2) is 182 Å². The van der Waals surface area contributed by atoms with Gasteiger partial charge in [-0.2, -0.15) is 0 Å². The molecule has 20 N–H and O–H groups in total. The van der Waals surface area contributed by atoms with Crippen LogP contribution < -0.4 is 60.2 Å². The van der Waals surface area contributed by atoms with Crippen molar-refractivity contribution in [3.8, 4) is 5.75 Å². The van der Waals surface area contributed by atoms with Gasteiger partial charge in [-0.15, -0.1) is 0 Å². The van der Waals surface area contributed by atoms with Crippen molar-refractivity contribution in [3.05, 3.63) is 29.8 Å². The number of hydrogen-bond donors (Lipinski definition) is 16. The molecule has 0 spiro atoms. The van der Waals surface area contributed by atoms with Gasteiger partial charge in [-0.05, 0) is 62.1 Å². The van der Waals surface area contributed by atoms with Gasteiger partial charge in [-0.25, -0.2) is 4.79 Å². The summed E-state index contributed by atoms with van der Waals surface area (Å²) in [4.78, 5) is 138. The zero-order valence-electron chi connectivity index (χ0n) is 42.2. The second kappa shape index (κ2) is 30.8. The molecule has 1 fully saturated rings. The van der Waals surface area contributed by atoms with Gasteiger partial charge >= 0.3 is 5.97 Å². The number of amides is 9. The second-order valence-corrected chi connectivity index (χ2v) is 18.2. The normalized spacial score (nSPS) is 17.6. The highest BCUT2D eigenvalue weighted by Crippen LogP contribution is 2.22. The van der Waals surface area contributed by atoms with E-state index in [0.29, 0.717) is 18.4 Å². The van der Waals surface area contributed by atoms with Crippen molar-refractivity contribution in [3.63, 3.8) is 0 Å². The van der Waals surface area contributed by atoms with Gasteiger partial charge in [0.1, 0.15) is 54.1 Å². The van der Waals surface area contributed by atoms with Crippen LogP contribution in [0, 0.1) is 11.8 Å². The number of phenols is 1. The van der Waals surface area contributed by atoms with Gasteiger partial charge in [-0.3, -0.25) is 48.1 Å². The van der Waals surface area contributed by atoms with E-state index < -0.39 is 151 Å². The molecule has 1 aliphatic rings. The molecule has 1 aromatic rings. The predicted molar refractivity (Wildman–Crippen MR) is 264 cm³/mol. The summed E-state index contributed by atoms with van der Waals surface area (Å²) in [6, 6.07) is -7.94. The van der Waals surface area contributed by atoms with Crippen molar-refractivity contribution in [2.24, 2.45) is 39.8 Å². The van der Waals surface area contributed by atoms with E-state index >= 15 is 0 Å². The Bertz CT molecular complexity index is 2140. The number of aliphatic hydroxyl groups excluding tert-OH is 3. The van der Waals surface area contributed by atoms with Gasteiger partial charge in [0.15, 0.2) is 5.96 Å². The van der Waals surface area contributed by atoms with E-state index in [1.165, 1.54) is 24.3 Å². The zero-order chi connectivity index (χ0) is 56.0. The maximum Gasteiger partial charge on any atom is 0.326 e. The number of carboxylic acids is 1. The molecule has 0 saturated carbocycles. The lowest BCUT2D eigenvalue weighted by Crippen LogP contribution is -2.62. The number of likely N-dealkylation sites (tertiary alicyclic amines) is 1. The molecule has 1 heterocycles. The van der Waals surface area contributed by atoms with Gasteiger partial charge in [0, 0.05) is 19.5 Å². The molecule has 28 heteroatoms. The van der Waals surface area contributed by atoms with Crippen LogP contribution in [0.2, 0.25) is 0 Å². The number of phenolic OH excluding ortho intramolecular Hbond substituents is 1. The van der Waals surface area contributed by atoms with Crippen LogP contribution in [0.5, 0.6) is 5.75 Å². The summed E-state index contributed by atoms with van der Waals surface area (Å²) in [5, 5.41) is 67.4. The first-order valence-electron chi connectivity index (χ1n) is 24.2. The Morgan fingerprint density at radius 3 is 1.72 bits per heavy atom. The van der Waals surface area contributed by atoms with E-state index in [1.54, 1.807) is 27.7 Å². The summed E-state index contributed by atoms with van der Waals surface area (Å²) >= 11 is 0. The number of carbonyl (C=O) groups excluding carboxylic acids is 9. The van der Waals surface area contributed by atoms with Crippen molar-refractivity contribution in [1.82, 2.24) is 42.1 Å². The SMILES string of the molecule is CC[C@H](C)[C@H](NC(=O)[C@@H](NC(=O)[C@H](CO)NC(=O)[C@@H](NC(=O)[C@@H]1CCCN1C(=O)[C@H](Cc1ccc(O)cc1)NC(=O)[C@H](CCCN=C(N)N)NC(=O)[C@H](CO)NC(=O)[C@@H](N)CC(N)=O)[C@@H](C)O)[C@@H](C)CC)C(=O)O. The molecule has 0 unspecified atom stereocenters. The summed E-state index contributed by atoms with van der Waals surface area (Å²) in [6.07, 6.45) is -1.50. The minimum atomic E-state index is -1.79. The molecule has 28 nitrogen and oxygen atoms in total. The van der Waals surface area contributed by atoms with Gasteiger partial charge < -0.3 is 90.6 Å². The monoisotopic (exact) mass is 1050 g/mol. The fourth-order valence-electron chi connectivity index (χ4n) is 7.66. The number of hydrogen-bond acceptors (Lipinski definition) is 16. The third kappa shape index (κ3) is 19.7. The number of nitrogens with zero attached hydrogens (tertiary/aromatic N) is 2. The molecular formula is C46H75N13O15. The van der Waals surface area contributed by atoms with Crippen LogP contribution in [-0.2, 0) is 54.4 Å². The Labute approximate surface area is 427 Å². The number of rotatable bonds is 31. The fraction of sp³-hybridized carbons (Fsp3) is 0.630. The lowest BCUT2D eigenvalue weighted by atomic mass is 9.95. The number of primary amides is 1. The molecule has 12 atom stereocenters.